The molecule has 3 aromatic rings. The van der Waals surface area contributed by atoms with Gasteiger partial charge in [-0.15, -0.1) is 0 Å². The van der Waals surface area contributed by atoms with E-state index in [1.807, 2.05) is 23.1 Å². The van der Waals surface area contributed by atoms with Crippen molar-refractivity contribution in [3.05, 3.63) is 95.1 Å². The smallest absolute Gasteiger partial charge is 0.234 e. The summed E-state index contributed by atoms with van der Waals surface area (Å²) in [5, 5.41) is 9.63. The first-order valence-electron chi connectivity index (χ1n) is 10.8. The number of phenolic OH excluding ortho intramolecular Hbond substituents is 1. The molecule has 1 unspecified atom stereocenters. The Balaban J connectivity index is 1.69. The van der Waals surface area contributed by atoms with Gasteiger partial charge in [-0.25, -0.2) is 0 Å². The second kappa shape index (κ2) is 8.74. The third kappa shape index (κ3) is 4.25. The van der Waals surface area contributed by atoms with Crippen molar-refractivity contribution < 1.29 is 9.90 Å². The Bertz CT molecular complexity index is 1010. The number of rotatable bonds is 5. The number of benzene rings is 3. The number of aromatic hydroxyl groups is 1. The monoisotopic (exact) mass is 399 g/mol. The van der Waals surface area contributed by atoms with Crippen molar-refractivity contribution >= 4 is 11.6 Å². The van der Waals surface area contributed by atoms with Crippen molar-refractivity contribution in [2.75, 3.05) is 4.90 Å². The Morgan fingerprint density at radius 2 is 1.70 bits per heavy atom. The summed E-state index contributed by atoms with van der Waals surface area (Å²) < 4.78 is 0. The van der Waals surface area contributed by atoms with Crippen molar-refractivity contribution in [2.24, 2.45) is 0 Å². The molecule has 0 bridgehead atoms. The second-order valence-corrected chi connectivity index (χ2v) is 8.48. The number of amides is 1. The highest BCUT2D eigenvalue weighted by atomic mass is 16.3. The fourth-order valence-corrected chi connectivity index (χ4v) is 4.32. The zero-order valence-electron chi connectivity index (χ0n) is 17.7. The largest absolute Gasteiger partial charge is 0.508 e. The fraction of sp³-hybridized carbons (Fsp3) is 0.296. The molecule has 0 saturated carbocycles. The maximum absolute atomic E-state index is 13.8. The molecule has 3 nitrogen and oxygen atoms in total. The fourth-order valence-electron chi connectivity index (χ4n) is 4.32. The molecule has 3 aromatic carbocycles. The average Bonchev–Trinajstić information content (AvgIpc) is 2.78. The summed E-state index contributed by atoms with van der Waals surface area (Å²) in [4.78, 5) is 15.7. The van der Waals surface area contributed by atoms with E-state index in [0.717, 1.165) is 30.5 Å². The van der Waals surface area contributed by atoms with E-state index in [1.54, 1.807) is 12.1 Å². The lowest BCUT2D eigenvalue weighted by atomic mass is 9.82. The first-order valence-corrected chi connectivity index (χ1v) is 10.8. The molecule has 0 spiro atoms. The van der Waals surface area contributed by atoms with Crippen molar-refractivity contribution in [1.82, 2.24) is 0 Å². The van der Waals surface area contributed by atoms with Gasteiger partial charge in [-0.3, -0.25) is 4.79 Å². The van der Waals surface area contributed by atoms with E-state index in [9.17, 15) is 9.90 Å². The molecule has 154 valence electrons. The number of anilines is 1. The zero-order chi connectivity index (χ0) is 21.1. The molecule has 0 radical (unpaired) electrons. The number of hydrogen-bond acceptors (Lipinski definition) is 2. The quantitative estimate of drug-likeness (QED) is 0.557. The molecule has 0 aromatic heterocycles. The summed E-state index contributed by atoms with van der Waals surface area (Å²) in [6.45, 7) is 4.83. The van der Waals surface area contributed by atoms with Crippen LogP contribution in [0.2, 0.25) is 0 Å². The first kappa shape index (κ1) is 20.2. The molecular weight excluding hydrogens is 370 g/mol. The van der Waals surface area contributed by atoms with Crippen LogP contribution in [0.3, 0.4) is 0 Å². The van der Waals surface area contributed by atoms with Crippen LogP contribution in [-0.2, 0) is 17.8 Å². The molecule has 1 aliphatic rings. The van der Waals surface area contributed by atoms with Crippen LogP contribution in [0, 0.1) is 0 Å². The van der Waals surface area contributed by atoms with Gasteiger partial charge < -0.3 is 10.0 Å². The second-order valence-electron chi connectivity index (χ2n) is 8.48. The number of hydrogen-bond donors (Lipinski definition) is 1. The number of fused-ring (bicyclic) bond motifs is 1. The van der Waals surface area contributed by atoms with E-state index in [-0.39, 0.29) is 17.6 Å². The van der Waals surface area contributed by atoms with Gasteiger partial charge in [0, 0.05) is 5.69 Å². The van der Waals surface area contributed by atoms with E-state index >= 15 is 0 Å². The van der Waals surface area contributed by atoms with Crippen molar-refractivity contribution in [1.29, 1.82) is 0 Å². The van der Waals surface area contributed by atoms with Gasteiger partial charge in [-0.05, 0) is 71.7 Å². The molecule has 1 atom stereocenters. The maximum atomic E-state index is 13.8. The Morgan fingerprint density at radius 3 is 2.40 bits per heavy atom. The molecule has 0 heterocycles. The third-order valence-corrected chi connectivity index (χ3v) is 6.08. The topological polar surface area (TPSA) is 40.5 Å². The number of phenols is 1. The summed E-state index contributed by atoms with van der Waals surface area (Å²) in [5.74, 6) is 0.717. The van der Waals surface area contributed by atoms with Crippen molar-refractivity contribution in [3.63, 3.8) is 0 Å². The van der Waals surface area contributed by atoms with Crippen molar-refractivity contribution in [2.45, 2.75) is 51.5 Å². The van der Waals surface area contributed by atoms with Crippen LogP contribution in [0.5, 0.6) is 5.75 Å². The standard InChI is InChI=1S/C27H29NO2/c1-19(2)21-12-14-23(15-13-21)28(18-20-10-16-24(29)17-11-20)27(30)26-9-5-7-22-6-3-4-8-25(22)26/h3-4,6,8,10-17,19,26,29H,5,7,9,18H2,1-2H3. The van der Waals surface area contributed by atoms with E-state index in [2.05, 4.69) is 56.3 Å². The third-order valence-electron chi connectivity index (χ3n) is 6.08. The minimum absolute atomic E-state index is 0.114. The Labute approximate surface area is 179 Å². The molecule has 1 N–H and O–H groups in total. The normalized spacial score (nSPS) is 15.6. The van der Waals surface area contributed by atoms with Crippen LogP contribution in [0.15, 0.2) is 72.8 Å². The lowest BCUT2D eigenvalue weighted by molar-refractivity contribution is -0.120. The summed E-state index contributed by atoms with van der Waals surface area (Å²) >= 11 is 0. The molecule has 1 aliphatic carbocycles. The first-order chi connectivity index (χ1) is 14.5. The van der Waals surface area contributed by atoms with Crippen LogP contribution in [0.25, 0.3) is 0 Å². The minimum atomic E-state index is -0.114. The van der Waals surface area contributed by atoms with Gasteiger partial charge in [0.05, 0.1) is 12.5 Å². The number of aryl methyl sites for hydroxylation is 1. The predicted molar refractivity (Wildman–Crippen MR) is 122 cm³/mol. The van der Waals surface area contributed by atoms with Gasteiger partial charge in [-0.2, -0.15) is 0 Å². The summed E-state index contributed by atoms with van der Waals surface area (Å²) in [6, 6.07) is 23.8. The van der Waals surface area contributed by atoms with Crippen LogP contribution in [0.4, 0.5) is 5.69 Å². The summed E-state index contributed by atoms with van der Waals surface area (Å²) in [7, 11) is 0. The lowest BCUT2D eigenvalue weighted by Gasteiger charge is -2.31. The summed E-state index contributed by atoms with van der Waals surface area (Å²) in [6.07, 6.45) is 2.96. The van der Waals surface area contributed by atoms with Crippen LogP contribution in [0.1, 0.15) is 60.8 Å². The molecule has 0 saturated heterocycles. The maximum Gasteiger partial charge on any atom is 0.234 e. The molecule has 3 heteroatoms. The molecule has 0 aliphatic heterocycles. The Morgan fingerprint density at radius 1 is 1.00 bits per heavy atom. The van der Waals surface area contributed by atoms with Crippen molar-refractivity contribution in [3.8, 4) is 5.75 Å². The molecular formula is C27H29NO2. The molecule has 4 rings (SSSR count). The highest BCUT2D eigenvalue weighted by Crippen LogP contribution is 2.35. The van der Waals surface area contributed by atoms with Gasteiger partial charge in [0.25, 0.3) is 0 Å². The minimum Gasteiger partial charge on any atom is -0.508 e. The lowest BCUT2D eigenvalue weighted by Crippen LogP contribution is -2.36. The zero-order valence-corrected chi connectivity index (χ0v) is 17.7. The number of nitrogens with zero attached hydrogens (tertiary/aromatic N) is 1. The highest BCUT2D eigenvalue weighted by molar-refractivity contribution is 5.98. The SMILES string of the molecule is CC(C)c1ccc(N(Cc2ccc(O)cc2)C(=O)C2CCCc3ccccc32)cc1. The van der Waals surface area contributed by atoms with Crippen LogP contribution >= 0.6 is 0 Å². The van der Waals surface area contributed by atoms with E-state index in [4.69, 9.17) is 0 Å². The molecule has 30 heavy (non-hydrogen) atoms. The van der Waals surface area contributed by atoms with Crippen LogP contribution < -0.4 is 4.90 Å². The molecule has 0 fully saturated rings. The molecule has 1 amide bonds. The van der Waals surface area contributed by atoms with Gasteiger partial charge >= 0.3 is 0 Å². The van der Waals surface area contributed by atoms with Gasteiger partial charge in [0.1, 0.15) is 5.75 Å². The Kier molecular flexibility index (Phi) is 5.89. The average molecular weight is 400 g/mol. The van der Waals surface area contributed by atoms with E-state index in [1.165, 1.54) is 16.7 Å². The summed E-state index contributed by atoms with van der Waals surface area (Å²) in [5.41, 5.74) is 5.64. The number of carbonyl (C=O) groups excluding carboxylic acids is 1. The Hall–Kier alpha value is -3.07. The predicted octanol–water partition coefficient (Wildman–Crippen LogP) is 6.17. The van der Waals surface area contributed by atoms with E-state index in [0.29, 0.717) is 12.5 Å². The van der Waals surface area contributed by atoms with Crippen LogP contribution in [-0.4, -0.2) is 11.0 Å². The van der Waals surface area contributed by atoms with Gasteiger partial charge in [0.2, 0.25) is 5.91 Å². The highest BCUT2D eigenvalue weighted by Gasteiger charge is 2.30. The number of carbonyl (C=O) groups is 1. The van der Waals surface area contributed by atoms with Gasteiger partial charge in [-0.1, -0.05) is 62.4 Å². The van der Waals surface area contributed by atoms with E-state index < -0.39 is 0 Å². The van der Waals surface area contributed by atoms with Gasteiger partial charge in [0.15, 0.2) is 0 Å².